The molecule has 0 amide bonds. The van der Waals surface area contributed by atoms with E-state index in [2.05, 4.69) is 15.8 Å². The van der Waals surface area contributed by atoms with E-state index in [9.17, 15) is 4.79 Å². The van der Waals surface area contributed by atoms with Gasteiger partial charge in [0.05, 0.1) is 12.7 Å². The Morgan fingerprint density at radius 1 is 1.20 bits per heavy atom. The molecule has 0 spiro atoms. The number of carbonyl (C=O) groups excluding carboxylic acids is 1. The SMILES string of the molecule is CNC(=S)N[NH+]=Cc1ccc(OC(=O)c2ccc(Cl)cc2)c(OC)c1. The van der Waals surface area contributed by atoms with Crippen molar-refractivity contribution in [3.63, 3.8) is 0 Å². The van der Waals surface area contributed by atoms with Gasteiger partial charge in [0.1, 0.15) is 0 Å². The summed E-state index contributed by atoms with van der Waals surface area (Å²) in [7, 11) is 3.21. The summed E-state index contributed by atoms with van der Waals surface area (Å²) in [5.74, 6) is 0.248. The Labute approximate surface area is 155 Å². The van der Waals surface area contributed by atoms with Crippen molar-refractivity contribution in [2.24, 2.45) is 0 Å². The quantitative estimate of drug-likeness (QED) is 0.238. The molecule has 0 aliphatic rings. The minimum atomic E-state index is -0.495. The summed E-state index contributed by atoms with van der Waals surface area (Å²) in [6.45, 7) is 0. The first-order chi connectivity index (χ1) is 12.0. The molecule has 6 nitrogen and oxygen atoms in total. The molecular weight excluding hydrogens is 362 g/mol. The van der Waals surface area contributed by atoms with E-state index in [1.54, 1.807) is 55.7 Å². The Bertz CT molecular complexity index is 794. The number of carbonyl (C=O) groups is 1. The Morgan fingerprint density at radius 2 is 1.92 bits per heavy atom. The van der Waals surface area contributed by atoms with Crippen molar-refractivity contribution in [3.8, 4) is 11.5 Å². The van der Waals surface area contributed by atoms with Crippen LogP contribution in [-0.4, -0.2) is 31.5 Å². The minimum Gasteiger partial charge on any atom is -0.493 e. The van der Waals surface area contributed by atoms with Crippen LogP contribution in [0, 0.1) is 0 Å². The van der Waals surface area contributed by atoms with Gasteiger partial charge in [0, 0.05) is 17.6 Å². The highest BCUT2D eigenvalue weighted by Crippen LogP contribution is 2.28. The maximum Gasteiger partial charge on any atom is 0.343 e. The first-order valence-corrected chi connectivity index (χ1v) is 8.04. The lowest BCUT2D eigenvalue weighted by Gasteiger charge is -2.09. The molecule has 25 heavy (non-hydrogen) atoms. The number of ether oxygens (including phenoxy) is 2. The van der Waals surface area contributed by atoms with Gasteiger partial charge in [-0.1, -0.05) is 11.6 Å². The van der Waals surface area contributed by atoms with Crippen molar-refractivity contribution in [1.29, 1.82) is 0 Å². The van der Waals surface area contributed by atoms with E-state index in [1.165, 1.54) is 7.11 Å². The normalized spacial score (nSPS) is 10.4. The number of benzene rings is 2. The van der Waals surface area contributed by atoms with Gasteiger partial charge >= 0.3 is 5.97 Å². The van der Waals surface area contributed by atoms with Crippen LogP contribution in [-0.2, 0) is 0 Å². The van der Waals surface area contributed by atoms with Crippen molar-refractivity contribution in [3.05, 3.63) is 58.6 Å². The first kappa shape index (κ1) is 18.7. The summed E-state index contributed by atoms with van der Waals surface area (Å²) in [6.07, 6.45) is 1.69. The smallest absolute Gasteiger partial charge is 0.343 e. The Balaban J connectivity index is 2.12. The molecule has 0 unspecified atom stereocenters. The van der Waals surface area contributed by atoms with Gasteiger partial charge in [-0.25, -0.2) is 4.79 Å². The summed E-state index contributed by atoms with van der Waals surface area (Å²) in [4.78, 5) is 12.2. The largest absolute Gasteiger partial charge is 0.493 e. The average molecular weight is 379 g/mol. The predicted octanol–water partition coefficient (Wildman–Crippen LogP) is 1.08. The Morgan fingerprint density at radius 3 is 2.56 bits per heavy atom. The lowest BCUT2D eigenvalue weighted by Crippen LogP contribution is -2.82. The van der Waals surface area contributed by atoms with Crippen molar-refractivity contribution < 1.29 is 19.4 Å². The van der Waals surface area contributed by atoms with E-state index >= 15 is 0 Å². The van der Waals surface area contributed by atoms with E-state index in [-0.39, 0.29) is 0 Å². The number of hydrogen-bond donors (Lipinski definition) is 3. The molecule has 0 aliphatic carbocycles. The van der Waals surface area contributed by atoms with Crippen molar-refractivity contribution in [2.45, 2.75) is 0 Å². The number of hydrazone groups is 1. The first-order valence-electron chi connectivity index (χ1n) is 7.25. The molecule has 0 aliphatic heterocycles. The van der Waals surface area contributed by atoms with Crippen LogP contribution in [0.5, 0.6) is 11.5 Å². The lowest BCUT2D eigenvalue weighted by atomic mass is 10.2. The van der Waals surface area contributed by atoms with Crippen molar-refractivity contribution in [2.75, 3.05) is 14.2 Å². The maximum atomic E-state index is 12.2. The van der Waals surface area contributed by atoms with Crippen LogP contribution in [0.3, 0.4) is 0 Å². The second kappa shape index (κ2) is 9.00. The molecule has 0 saturated carbocycles. The van der Waals surface area contributed by atoms with Crippen LogP contribution in [0.2, 0.25) is 5.02 Å². The van der Waals surface area contributed by atoms with Gasteiger partial charge in [0.15, 0.2) is 17.7 Å². The Hall–Kier alpha value is -2.64. The van der Waals surface area contributed by atoms with E-state index in [0.717, 1.165) is 5.56 Å². The Kier molecular flexibility index (Phi) is 6.73. The minimum absolute atomic E-state index is 0.318. The van der Waals surface area contributed by atoms with Crippen LogP contribution in [0.25, 0.3) is 0 Å². The van der Waals surface area contributed by atoms with Gasteiger partial charge in [0.25, 0.3) is 0 Å². The molecule has 130 valence electrons. The second-order valence-corrected chi connectivity index (χ2v) is 5.64. The molecule has 0 heterocycles. The lowest BCUT2D eigenvalue weighted by molar-refractivity contribution is -0.500. The molecule has 2 rings (SSSR count). The zero-order valence-electron chi connectivity index (χ0n) is 13.6. The van der Waals surface area contributed by atoms with Gasteiger partial charge in [-0.05, 0) is 54.7 Å². The van der Waals surface area contributed by atoms with E-state index in [1.807, 2.05) is 0 Å². The standard InChI is InChI=1S/C17H16ClN3O3S/c1-19-17(25)21-20-10-11-3-8-14(15(9-11)23-2)24-16(22)12-4-6-13(18)7-5-12/h3-10H,1-2H3,(H2,19,21,25)/p+1. The van der Waals surface area contributed by atoms with Gasteiger partial charge in [0.2, 0.25) is 5.11 Å². The third-order valence-corrected chi connectivity index (χ3v) is 3.68. The number of methoxy groups -OCH3 is 1. The van der Waals surface area contributed by atoms with Gasteiger partial charge in [-0.2, -0.15) is 0 Å². The van der Waals surface area contributed by atoms with Gasteiger partial charge < -0.3 is 14.8 Å². The fraction of sp³-hybridized carbons (Fsp3) is 0.118. The molecular formula is C17H17ClN3O3S+. The van der Waals surface area contributed by atoms with Crippen molar-refractivity contribution in [1.82, 2.24) is 10.7 Å². The van der Waals surface area contributed by atoms with E-state index in [4.69, 9.17) is 33.3 Å². The third-order valence-electron chi connectivity index (χ3n) is 3.12. The van der Waals surface area contributed by atoms with Crippen LogP contribution in [0.1, 0.15) is 15.9 Å². The number of rotatable bonds is 5. The summed E-state index contributed by atoms with van der Waals surface area (Å²) in [5, 5.41) is 6.62. The molecule has 2 aromatic carbocycles. The maximum absolute atomic E-state index is 12.2. The zero-order chi connectivity index (χ0) is 18.2. The van der Waals surface area contributed by atoms with E-state index in [0.29, 0.717) is 27.2 Å². The topological polar surface area (TPSA) is 73.6 Å². The highest BCUT2D eigenvalue weighted by Gasteiger charge is 2.13. The highest BCUT2D eigenvalue weighted by molar-refractivity contribution is 7.80. The molecule has 2 aromatic rings. The number of hydrazine groups is 1. The highest BCUT2D eigenvalue weighted by atomic mass is 35.5. The van der Waals surface area contributed by atoms with Crippen LogP contribution in [0.4, 0.5) is 0 Å². The fourth-order valence-electron chi connectivity index (χ4n) is 1.85. The molecule has 3 N–H and O–H groups in total. The molecule has 0 atom stereocenters. The van der Waals surface area contributed by atoms with E-state index < -0.39 is 5.97 Å². The third kappa shape index (κ3) is 5.44. The second-order valence-electron chi connectivity index (χ2n) is 4.80. The fourth-order valence-corrected chi connectivity index (χ4v) is 2.04. The molecule has 0 saturated heterocycles. The average Bonchev–Trinajstić information content (AvgIpc) is 2.63. The molecule has 8 heteroatoms. The van der Waals surface area contributed by atoms with Crippen LogP contribution >= 0.6 is 23.8 Å². The molecule has 0 fully saturated rings. The van der Waals surface area contributed by atoms with Gasteiger partial charge in [-0.15, -0.1) is 10.5 Å². The predicted molar refractivity (Wildman–Crippen MR) is 100 cm³/mol. The number of hydrogen-bond acceptors (Lipinski definition) is 4. The molecule has 0 bridgehead atoms. The number of nitrogens with one attached hydrogen (secondary N) is 3. The van der Waals surface area contributed by atoms with Crippen LogP contribution in [0.15, 0.2) is 42.5 Å². The molecule has 0 radical (unpaired) electrons. The van der Waals surface area contributed by atoms with Crippen molar-refractivity contribution >= 4 is 41.1 Å². The van der Waals surface area contributed by atoms with Crippen LogP contribution < -0.4 is 25.3 Å². The van der Waals surface area contributed by atoms with Gasteiger partial charge in [-0.3, -0.25) is 0 Å². The summed E-state index contributed by atoms with van der Waals surface area (Å²) >= 11 is 10.8. The summed E-state index contributed by atoms with van der Waals surface area (Å²) in [5.41, 5.74) is 3.97. The summed E-state index contributed by atoms with van der Waals surface area (Å²) < 4.78 is 10.7. The number of thiocarbonyl (C=S) groups is 1. The molecule has 0 aromatic heterocycles. The monoisotopic (exact) mass is 378 g/mol. The number of halogens is 1. The number of esters is 1. The zero-order valence-corrected chi connectivity index (χ0v) is 15.2. The summed E-state index contributed by atoms with van der Waals surface area (Å²) in [6, 6.07) is 11.6.